The van der Waals surface area contributed by atoms with E-state index < -0.39 is 6.09 Å². The van der Waals surface area contributed by atoms with Gasteiger partial charge >= 0.3 is 12.1 Å². The number of rotatable bonds is 24. The van der Waals surface area contributed by atoms with Crippen molar-refractivity contribution in [1.29, 1.82) is 0 Å². The molecule has 0 aliphatic heterocycles. The average Bonchev–Trinajstić information content (AvgIpc) is 2.90. The third kappa shape index (κ3) is 22.7. The van der Waals surface area contributed by atoms with E-state index in [1.807, 2.05) is 30.3 Å². The van der Waals surface area contributed by atoms with Gasteiger partial charge in [0.25, 0.3) is 0 Å². The Morgan fingerprint density at radius 2 is 1.03 bits per heavy atom. The Morgan fingerprint density at radius 3 is 1.51 bits per heavy atom. The van der Waals surface area contributed by atoms with Crippen LogP contribution < -0.4 is 16.0 Å². The van der Waals surface area contributed by atoms with Gasteiger partial charge < -0.3 is 15.4 Å². The highest BCUT2D eigenvalue weighted by atomic mass is 16.5. The molecule has 1 rings (SSSR count). The minimum atomic E-state index is -0.433. The molecule has 0 heterocycles. The van der Waals surface area contributed by atoms with Crippen molar-refractivity contribution in [1.82, 2.24) is 10.6 Å². The van der Waals surface area contributed by atoms with Crippen molar-refractivity contribution in [2.24, 2.45) is 0 Å². The molecule has 0 spiro atoms. The number of carbonyl (C=O) groups excluding carboxylic acids is 2. The highest BCUT2D eigenvalue weighted by Gasteiger charge is 2.03. The molecule has 0 saturated heterocycles. The van der Waals surface area contributed by atoms with Crippen molar-refractivity contribution in [3.05, 3.63) is 30.3 Å². The van der Waals surface area contributed by atoms with Gasteiger partial charge in [-0.25, -0.2) is 9.59 Å². The van der Waals surface area contributed by atoms with Gasteiger partial charge in [-0.2, -0.15) is 0 Å². The number of unbranched alkanes of at least 4 members (excludes halogenated alkanes) is 17. The summed E-state index contributed by atoms with van der Waals surface area (Å²) in [5.74, 6) is 0. The van der Waals surface area contributed by atoms with Crippen LogP contribution in [0.4, 0.5) is 15.3 Å². The molecule has 3 amide bonds. The molecule has 0 radical (unpaired) electrons. The number of carbonyl (C=O) groups is 2. The first kappa shape index (κ1) is 32.8. The number of urea groups is 1. The molecule has 37 heavy (non-hydrogen) atoms. The number of hydrogen-bond donors (Lipinski definition) is 3. The van der Waals surface area contributed by atoms with Crippen LogP contribution in [0.15, 0.2) is 30.3 Å². The van der Waals surface area contributed by atoms with Crippen molar-refractivity contribution < 1.29 is 14.3 Å². The van der Waals surface area contributed by atoms with Crippen LogP contribution in [0.2, 0.25) is 0 Å². The first-order valence-electron chi connectivity index (χ1n) is 15.2. The van der Waals surface area contributed by atoms with Crippen molar-refractivity contribution in [2.75, 3.05) is 25.0 Å². The largest absolute Gasteiger partial charge is 0.449 e. The van der Waals surface area contributed by atoms with Crippen LogP contribution in [0.3, 0.4) is 0 Å². The second-order valence-electron chi connectivity index (χ2n) is 10.2. The van der Waals surface area contributed by atoms with Crippen LogP contribution in [0.5, 0.6) is 0 Å². The van der Waals surface area contributed by atoms with Crippen molar-refractivity contribution in [3.8, 4) is 0 Å². The monoisotopic (exact) mass is 517 g/mol. The quantitative estimate of drug-likeness (QED) is 0.120. The predicted octanol–water partition coefficient (Wildman–Crippen LogP) is 8.97. The summed E-state index contributed by atoms with van der Waals surface area (Å²) in [7, 11) is 0. The molecule has 0 aliphatic carbocycles. The zero-order valence-electron chi connectivity index (χ0n) is 23.7. The molecule has 3 N–H and O–H groups in total. The fraction of sp³-hybridized carbons (Fsp3) is 0.742. The number of nitrogens with one attached hydrogen (secondary N) is 3. The van der Waals surface area contributed by atoms with Crippen LogP contribution in [-0.4, -0.2) is 31.8 Å². The molecule has 0 fully saturated rings. The fourth-order valence-electron chi connectivity index (χ4n) is 4.38. The van der Waals surface area contributed by atoms with Crippen molar-refractivity contribution >= 4 is 17.8 Å². The summed E-state index contributed by atoms with van der Waals surface area (Å²) >= 11 is 0. The number of amides is 3. The minimum Gasteiger partial charge on any atom is -0.449 e. The third-order valence-electron chi connectivity index (χ3n) is 6.68. The summed E-state index contributed by atoms with van der Waals surface area (Å²) < 4.78 is 5.17. The molecule has 1 aromatic rings. The van der Waals surface area contributed by atoms with E-state index in [1.54, 1.807) is 0 Å². The van der Waals surface area contributed by atoms with Gasteiger partial charge in [-0.05, 0) is 37.8 Å². The maximum Gasteiger partial charge on any atom is 0.411 e. The highest BCUT2D eigenvalue weighted by molar-refractivity contribution is 5.84. The lowest BCUT2D eigenvalue weighted by Gasteiger charge is -2.08. The lowest BCUT2D eigenvalue weighted by molar-refractivity contribution is 0.159. The Balaban J connectivity index is 1.75. The third-order valence-corrected chi connectivity index (χ3v) is 6.68. The summed E-state index contributed by atoms with van der Waals surface area (Å²) in [5.41, 5.74) is 0.724. The van der Waals surface area contributed by atoms with Crippen molar-refractivity contribution in [2.45, 2.75) is 129 Å². The second-order valence-corrected chi connectivity index (χ2v) is 10.2. The van der Waals surface area contributed by atoms with Gasteiger partial charge in [0, 0.05) is 18.8 Å². The van der Waals surface area contributed by atoms with E-state index in [9.17, 15) is 9.59 Å². The molecule has 6 heteroatoms. The van der Waals surface area contributed by atoms with Gasteiger partial charge in [0.2, 0.25) is 0 Å². The van der Waals surface area contributed by atoms with Crippen LogP contribution in [-0.2, 0) is 4.74 Å². The predicted molar refractivity (Wildman–Crippen MR) is 156 cm³/mol. The first-order chi connectivity index (χ1) is 18.2. The smallest absolute Gasteiger partial charge is 0.411 e. The van der Waals surface area contributed by atoms with E-state index in [0.29, 0.717) is 13.2 Å². The SMILES string of the molecule is CCCCCCCCCCCCCCCCCCNC(=O)NCCCCCOC(=O)Nc1ccccc1. The van der Waals surface area contributed by atoms with Crippen molar-refractivity contribution in [3.63, 3.8) is 0 Å². The molecule has 0 bridgehead atoms. The minimum absolute atomic E-state index is 0.0838. The van der Waals surface area contributed by atoms with Gasteiger partial charge in [-0.1, -0.05) is 121 Å². The maximum atomic E-state index is 11.9. The Bertz CT molecular complexity index is 654. The summed E-state index contributed by atoms with van der Waals surface area (Å²) in [6, 6.07) is 9.17. The molecule has 0 unspecified atom stereocenters. The Hall–Kier alpha value is -2.24. The van der Waals surface area contributed by atoms with Gasteiger partial charge in [0.1, 0.15) is 0 Å². The molecule has 0 aliphatic rings. The van der Waals surface area contributed by atoms with Crippen LogP contribution in [0.1, 0.15) is 129 Å². The van der Waals surface area contributed by atoms with E-state index in [1.165, 1.54) is 96.3 Å². The summed E-state index contributed by atoms with van der Waals surface area (Å²) in [4.78, 5) is 23.5. The van der Waals surface area contributed by atoms with Gasteiger partial charge in [0.15, 0.2) is 0 Å². The topological polar surface area (TPSA) is 79.5 Å². The van der Waals surface area contributed by atoms with Gasteiger partial charge in [0.05, 0.1) is 6.61 Å². The average molecular weight is 518 g/mol. The standard InChI is InChI=1S/C31H55N3O3/c1-2-3-4-5-6-7-8-9-10-11-12-13-14-15-16-21-26-32-30(35)33-27-22-18-23-28-37-31(36)34-29-24-19-17-20-25-29/h17,19-20,24-25H,2-16,18,21-23,26-28H2,1H3,(H,34,36)(H2,32,33,35). The van der Waals surface area contributed by atoms with Crippen LogP contribution in [0.25, 0.3) is 0 Å². The van der Waals surface area contributed by atoms with Gasteiger partial charge in [-0.3, -0.25) is 5.32 Å². The zero-order chi connectivity index (χ0) is 26.7. The number of para-hydroxylation sites is 1. The zero-order valence-corrected chi connectivity index (χ0v) is 23.7. The van der Waals surface area contributed by atoms with Crippen LogP contribution in [0, 0.1) is 0 Å². The maximum absolute atomic E-state index is 11.9. The number of ether oxygens (including phenoxy) is 1. The Labute approximate surface area is 227 Å². The summed E-state index contributed by atoms with van der Waals surface area (Å²) in [6.07, 6.45) is 23.8. The molecular weight excluding hydrogens is 462 g/mol. The number of anilines is 1. The lowest BCUT2D eigenvalue weighted by Crippen LogP contribution is -2.36. The first-order valence-corrected chi connectivity index (χ1v) is 15.2. The van der Waals surface area contributed by atoms with E-state index in [2.05, 4.69) is 22.9 Å². The Kier molecular flexibility index (Phi) is 22.5. The normalized spacial score (nSPS) is 10.7. The van der Waals surface area contributed by atoms with Gasteiger partial charge in [-0.15, -0.1) is 0 Å². The summed E-state index contributed by atoms with van der Waals surface area (Å²) in [6.45, 7) is 4.04. The molecule has 0 aromatic heterocycles. The Morgan fingerprint density at radius 1 is 0.595 bits per heavy atom. The molecule has 0 saturated carbocycles. The fourth-order valence-corrected chi connectivity index (χ4v) is 4.38. The lowest BCUT2D eigenvalue weighted by atomic mass is 10.0. The van der Waals surface area contributed by atoms with E-state index in [0.717, 1.165) is 37.9 Å². The number of hydrogen-bond acceptors (Lipinski definition) is 3. The molecule has 1 aromatic carbocycles. The van der Waals surface area contributed by atoms with E-state index >= 15 is 0 Å². The van der Waals surface area contributed by atoms with E-state index in [-0.39, 0.29) is 6.03 Å². The number of benzene rings is 1. The summed E-state index contributed by atoms with van der Waals surface area (Å²) in [5, 5.41) is 8.53. The highest BCUT2D eigenvalue weighted by Crippen LogP contribution is 2.13. The molecular formula is C31H55N3O3. The molecule has 212 valence electrons. The second kappa shape index (κ2) is 25.4. The van der Waals surface area contributed by atoms with Crippen LogP contribution >= 0.6 is 0 Å². The molecule has 6 nitrogen and oxygen atoms in total. The van der Waals surface area contributed by atoms with E-state index in [4.69, 9.17) is 4.74 Å². The molecule has 0 atom stereocenters.